The molecule has 8 heteroatoms. The topological polar surface area (TPSA) is 100 Å². The second-order valence-electron chi connectivity index (χ2n) is 7.23. The molecule has 3 aromatic carbocycles. The molecule has 0 saturated carbocycles. The van der Waals surface area contributed by atoms with Gasteiger partial charge in [-0.1, -0.05) is 30.3 Å². The summed E-state index contributed by atoms with van der Waals surface area (Å²) in [5, 5.41) is 14.9. The van der Waals surface area contributed by atoms with Gasteiger partial charge in [-0.15, -0.1) is 0 Å². The quantitative estimate of drug-likeness (QED) is 0.309. The lowest BCUT2D eigenvalue weighted by molar-refractivity contribution is -0.118. The van der Waals surface area contributed by atoms with E-state index in [4.69, 9.17) is 9.47 Å². The van der Waals surface area contributed by atoms with Crippen molar-refractivity contribution in [1.29, 1.82) is 5.26 Å². The number of carbonyl (C=O) groups is 2. The maximum Gasteiger partial charge on any atom is 0.266 e. The van der Waals surface area contributed by atoms with Crippen molar-refractivity contribution in [3.05, 3.63) is 87.9 Å². The maximum absolute atomic E-state index is 12.5. The summed E-state index contributed by atoms with van der Waals surface area (Å²) in [7, 11) is 1.46. The predicted molar refractivity (Wildman–Crippen MR) is 135 cm³/mol. The minimum Gasteiger partial charge on any atom is -0.493 e. The van der Waals surface area contributed by atoms with Crippen molar-refractivity contribution in [3.63, 3.8) is 0 Å². The monoisotopic (exact) mass is 519 g/mol. The molecule has 0 spiro atoms. The number of ether oxygens (including phenoxy) is 2. The molecule has 3 aromatic rings. The van der Waals surface area contributed by atoms with Crippen LogP contribution >= 0.6 is 15.9 Å². The summed E-state index contributed by atoms with van der Waals surface area (Å²) >= 11 is 3.42. The van der Waals surface area contributed by atoms with Gasteiger partial charge in [0.05, 0.1) is 11.6 Å². The zero-order valence-corrected chi connectivity index (χ0v) is 20.2. The zero-order valence-electron chi connectivity index (χ0n) is 18.6. The molecule has 0 bridgehead atoms. The van der Waals surface area contributed by atoms with Crippen LogP contribution in [0.2, 0.25) is 0 Å². The molecular weight excluding hydrogens is 498 g/mol. The van der Waals surface area contributed by atoms with Gasteiger partial charge in [0.2, 0.25) is 0 Å². The highest BCUT2D eigenvalue weighted by molar-refractivity contribution is 9.10. The Labute approximate surface area is 206 Å². The highest BCUT2D eigenvalue weighted by Crippen LogP contribution is 2.37. The summed E-state index contributed by atoms with van der Waals surface area (Å²) in [5.74, 6) is -0.194. The molecule has 0 atom stereocenters. The van der Waals surface area contributed by atoms with E-state index in [1.807, 2.05) is 37.3 Å². The Morgan fingerprint density at radius 2 is 1.76 bits per heavy atom. The summed E-state index contributed by atoms with van der Waals surface area (Å²) in [4.78, 5) is 24.8. The summed E-state index contributed by atoms with van der Waals surface area (Å²) < 4.78 is 11.6. The van der Waals surface area contributed by atoms with Crippen LogP contribution in [0.3, 0.4) is 0 Å². The van der Waals surface area contributed by atoms with E-state index in [9.17, 15) is 14.9 Å². The maximum atomic E-state index is 12.5. The number of nitrogens with one attached hydrogen (secondary N) is 2. The summed E-state index contributed by atoms with van der Waals surface area (Å²) in [6.07, 6.45) is 1.44. The Balaban J connectivity index is 1.73. The fraction of sp³-hybridized carbons (Fsp3) is 0.115. The average Bonchev–Trinajstić information content (AvgIpc) is 2.82. The lowest BCUT2D eigenvalue weighted by atomic mass is 10.1. The number of nitrogens with zero attached hydrogens (tertiary/aromatic N) is 1. The number of nitriles is 1. The van der Waals surface area contributed by atoms with E-state index in [0.717, 1.165) is 5.56 Å². The van der Waals surface area contributed by atoms with Gasteiger partial charge >= 0.3 is 0 Å². The Morgan fingerprint density at radius 3 is 2.44 bits per heavy atom. The number of aryl methyl sites for hydroxylation is 1. The Bertz CT molecular complexity index is 1270. The molecule has 0 radical (unpaired) electrons. The minimum absolute atomic E-state index is 0.0796. The molecule has 0 saturated heterocycles. The third-order valence-electron chi connectivity index (χ3n) is 4.61. The smallest absolute Gasteiger partial charge is 0.266 e. The van der Waals surface area contributed by atoms with E-state index in [0.29, 0.717) is 32.9 Å². The summed E-state index contributed by atoms with van der Waals surface area (Å²) in [6.45, 7) is 1.70. The lowest BCUT2D eigenvalue weighted by Crippen LogP contribution is -2.20. The van der Waals surface area contributed by atoms with Gasteiger partial charge in [-0.25, -0.2) is 0 Å². The van der Waals surface area contributed by atoms with Crippen molar-refractivity contribution in [3.8, 4) is 17.6 Å². The molecule has 7 nitrogen and oxygen atoms in total. The summed E-state index contributed by atoms with van der Waals surface area (Å²) in [6, 6.07) is 21.5. The number of halogens is 1. The van der Waals surface area contributed by atoms with Crippen molar-refractivity contribution < 1.29 is 19.1 Å². The Hall–Kier alpha value is -4.09. The number of methoxy groups -OCH3 is 1. The van der Waals surface area contributed by atoms with Crippen LogP contribution in [0, 0.1) is 18.3 Å². The number of carbonyl (C=O) groups excluding carboxylic acids is 2. The first-order valence-electron chi connectivity index (χ1n) is 10.2. The molecule has 0 unspecified atom stereocenters. The molecule has 2 N–H and O–H groups in total. The van der Waals surface area contributed by atoms with Gasteiger partial charge in [0.25, 0.3) is 11.8 Å². The second-order valence-corrected chi connectivity index (χ2v) is 8.08. The number of amides is 2. The van der Waals surface area contributed by atoms with E-state index in [1.54, 1.807) is 42.5 Å². The molecule has 0 aliphatic rings. The fourth-order valence-electron chi connectivity index (χ4n) is 3.06. The highest BCUT2D eigenvalue weighted by atomic mass is 79.9. The zero-order chi connectivity index (χ0) is 24.5. The Morgan fingerprint density at radius 1 is 1.03 bits per heavy atom. The van der Waals surface area contributed by atoms with Crippen molar-refractivity contribution in [2.45, 2.75) is 6.92 Å². The van der Waals surface area contributed by atoms with E-state index in [1.165, 1.54) is 13.2 Å². The first-order valence-corrected chi connectivity index (χ1v) is 11.0. The van der Waals surface area contributed by atoms with Crippen LogP contribution in [0.5, 0.6) is 11.5 Å². The van der Waals surface area contributed by atoms with Crippen molar-refractivity contribution >= 4 is 45.2 Å². The first-order chi connectivity index (χ1) is 16.4. The number of hydrogen-bond donors (Lipinski definition) is 2. The van der Waals surface area contributed by atoms with Gasteiger partial charge in [-0.2, -0.15) is 5.26 Å². The first kappa shape index (κ1) is 24.6. The van der Waals surface area contributed by atoms with Crippen molar-refractivity contribution in [1.82, 2.24) is 0 Å². The fourth-order valence-corrected chi connectivity index (χ4v) is 3.63. The van der Waals surface area contributed by atoms with Gasteiger partial charge < -0.3 is 20.1 Å². The largest absolute Gasteiger partial charge is 0.493 e. The van der Waals surface area contributed by atoms with E-state index >= 15 is 0 Å². The third-order valence-corrected chi connectivity index (χ3v) is 5.20. The second kappa shape index (κ2) is 11.7. The van der Waals surface area contributed by atoms with Crippen LogP contribution in [0.15, 0.2) is 76.8 Å². The highest BCUT2D eigenvalue weighted by Gasteiger charge is 2.15. The van der Waals surface area contributed by atoms with E-state index in [-0.39, 0.29) is 18.1 Å². The van der Waals surface area contributed by atoms with Crippen molar-refractivity contribution in [2.75, 3.05) is 24.4 Å². The molecule has 2 amide bonds. The molecular formula is C26H22BrN3O4. The standard InChI is InChI=1S/C26H22BrN3O4/c1-17-7-6-10-21(11-17)29-24(31)16-34-25-22(27)13-18(14-23(25)33-2)12-19(15-28)26(32)30-20-8-4-3-5-9-20/h3-14H,16H2,1-2H3,(H,29,31)(H,30,32)/b19-12+. The molecule has 172 valence electrons. The molecule has 0 aliphatic heterocycles. The van der Waals surface area contributed by atoms with Gasteiger partial charge in [-0.3, -0.25) is 9.59 Å². The van der Waals surface area contributed by atoms with Crippen LogP contribution in [-0.2, 0) is 9.59 Å². The molecule has 3 rings (SSSR count). The van der Waals surface area contributed by atoms with Crippen LogP contribution in [0.4, 0.5) is 11.4 Å². The van der Waals surface area contributed by atoms with Crippen LogP contribution < -0.4 is 20.1 Å². The van der Waals surface area contributed by atoms with Gasteiger partial charge in [0.1, 0.15) is 11.6 Å². The molecule has 0 aliphatic carbocycles. The average molecular weight is 520 g/mol. The molecule has 34 heavy (non-hydrogen) atoms. The van der Waals surface area contributed by atoms with E-state index in [2.05, 4.69) is 26.6 Å². The van der Waals surface area contributed by atoms with Gasteiger partial charge in [-0.05, 0) is 76.5 Å². The van der Waals surface area contributed by atoms with Crippen LogP contribution in [-0.4, -0.2) is 25.5 Å². The SMILES string of the molecule is COc1cc(/C=C(\C#N)C(=O)Nc2ccccc2)cc(Br)c1OCC(=O)Nc1cccc(C)c1. The Kier molecular flexibility index (Phi) is 8.43. The van der Waals surface area contributed by atoms with Crippen molar-refractivity contribution in [2.24, 2.45) is 0 Å². The number of para-hydroxylation sites is 1. The number of hydrogen-bond acceptors (Lipinski definition) is 5. The summed E-state index contributed by atoms with van der Waals surface area (Å²) in [5.41, 5.74) is 2.75. The molecule has 0 fully saturated rings. The van der Waals surface area contributed by atoms with E-state index < -0.39 is 5.91 Å². The van der Waals surface area contributed by atoms with Gasteiger partial charge in [0.15, 0.2) is 18.1 Å². The predicted octanol–water partition coefficient (Wildman–Crippen LogP) is 5.33. The third kappa shape index (κ3) is 6.70. The lowest BCUT2D eigenvalue weighted by Gasteiger charge is -2.14. The number of benzene rings is 3. The minimum atomic E-state index is -0.531. The van der Waals surface area contributed by atoms with Gasteiger partial charge in [0, 0.05) is 11.4 Å². The number of anilines is 2. The molecule has 0 heterocycles. The number of rotatable bonds is 8. The van der Waals surface area contributed by atoms with Crippen LogP contribution in [0.25, 0.3) is 6.08 Å². The normalized spacial score (nSPS) is 10.7. The van der Waals surface area contributed by atoms with Crippen LogP contribution in [0.1, 0.15) is 11.1 Å². The molecule has 0 aromatic heterocycles.